The van der Waals surface area contributed by atoms with Gasteiger partial charge in [0.2, 0.25) is 0 Å². The lowest BCUT2D eigenvalue weighted by molar-refractivity contribution is -0.137. The SMILES string of the molecule is CC(C)(C)NC(=O)c1cn(-c2ccc(C(F)(F)F)cn2)nn1. The average molecular weight is 313 g/mol. The maximum atomic E-state index is 12.5. The summed E-state index contributed by atoms with van der Waals surface area (Å²) in [6.45, 7) is 5.44. The third-order valence-corrected chi connectivity index (χ3v) is 2.52. The van der Waals surface area contributed by atoms with Gasteiger partial charge < -0.3 is 5.32 Å². The minimum atomic E-state index is -4.45. The fraction of sp³-hybridized carbons (Fsp3) is 0.385. The van der Waals surface area contributed by atoms with Crippen LogP contribution in [0.25, 0.3) is 5.82 Å². The Bertz CT molecular complexity index is 670. The summed E-state index contributed by atoms with van der Waals surface area (Å²) in [6.07, 6.45) is -2.45. The summed E-state index contributed by atoms with van der Waals surface area (Å²) in [5.74, 6) is -0.291. The Labute approximate surface area is 124 Å². The van der Waals surface area contributed by atoms with Gasteiger partial charge in [0.1, 0.15) is 0 Å². The molecule has 0 aliphatic heterocycles. The zero-order valence-corrected chi connectivity index (χ0v) is 12.1. The number of rotatable bonds is 2. The zero-order valence-electron chi connectivity index (χ0n) is 12.1. The highest BCUT2D eigenvalue weighted by Gasteiger charge is 2.30. The van der Waals surface area contributed by atoms with E-state index in [2.05, 4.69) is 20.6 Å². The van der Waals surface area contributed by atoms with Crippen LogP contribution in [0.15, 0.2) is 24.5 Å². The Morgan fingerprint density at radius 1 is 1.23 bits per heavy atom. The van der Waals surface area contributed by atoms with Crippen LogP contribution in [0.3, 0.4) is 0 Å². The molecular formula is C13H14F3N5O. The molecule has 22 heavy (non-hydrogen) atoms. The maximum Gasteiger partial charge on any atom is 0.417 e. The molecule has 2 rings (SSSR count). The van der Waals surface area contributed by atoms with Crippen molar-refractivity contribution in [1.82, 2.24) is 25.3 Å². The minimum absolute atomic E-state index is 0.0524. The Morgan fingerprint density at radius 3 is 2.41 bits per heavy atom. The van der Waals surface area contributed by atoms with Crippen LogP contribution in [0.5, 0.6) is 0 Å². The van der Waals surface area contributed by atoms with Gasteiger partial charge in [0.25, 0.3) is 5.91 Å². The second-order valence-electron chi connectivity index (χ2n) is 5.66. The molecule has 2 aromatic heterocycles. The average Bonchev–Trinajstić information content (AvgIpc) is 2.85. The number of carbonyl (C=O) groups is 1. The molecule has 0 spiro atoms. The number of hydrogen-bond acceptors (Lipinski definition) is 4. The second kappa shape index (κ2) is 5.39. The van der Waals surface area contributed by atoms with Crippen molar-refractivity contribution in [3.63, 3.8) is 0 Å². The normalized spacial score (nSPS) is 12.3. The number of nitrogens with zero attached hydrogens (tertiary/aromatic N) is 4. The first kappa shape index (κ1) is 15.9. The van der Waals surface area contributed by atoms with Gasteiger partial charge in [-0.25, -0.2) is 9.67 Å². The molecule has 1 N–H and O–H groups in total. The van der Waals surface area contributed by atoms with E-state index in [1.165, 1.54) is 6.20 Å². The Hall–Kier alpha value is -2.45. The number of carbonyl (C=O) groups excluding carboxylic acids is 1. The molecule has 6 nitrogen and oxygen atoms in total. The molecule has 0 unspecified atom stereocenters. The van der Waals surface area contributed by atoms with Gasteiger partial charge in [-0.15, -0.1) is 5.10 Å². The number of pyridine rings is 1. The first-order chi connectivity index (χ1) is 10.1. The summed E-state index contributed by atoms with van der Waals surface area (Å²) in [7, 11) is 0. The van der Waals surface area contributed by atoms with Crippen LogP contribution in [-0.4, -0.2) is 31.4 Å². The van der Waals surface area contributed by atoms with Crippen molar-refractivity contribution in [2.75, 3.05) is 0 Å². The third kappa shape index (κ3) is 3.80. The van der Waals surface area contributed by atoms with Crippen molar-refractivity contribution < 1.29 is 18.0 Å². The number of aromatic nitrogens is 4. The lowest BCUT2D eigenvalue weighted by Gasteiger charge is -2.19. The van der Waals surface area contributed by atoms with Crippen molar-refractivity contribution >= 4 is 5.91 Å². The molecule has 0 aliphatic carbocycles. The molecule has 0 aromatic carbocycles. The molecule has 2 aromatic rings. The number of halogens is 3. The number of hydrogen-bond donors (Lipinski definition) is 1. The monoisotopic (exact) mass is 313 g/mol. The van der Waals surface area contributed by atoms with Crippen molar-refractivity contribution in [2.24, 2.45) is 0 Å². The molecule has 9 heteroatoms. The highest BCUT2D eigenvalue weighted by Crippen LogP contribution is 2.28. The lowest BCUT2D eigenvalue weighted by atomic mass is 10.1. The summed E-state index contributed by atoms with van der Waals surface area (Å²) in [6, 6.07) is 2.04. The van der Waals surface area contributed by atoms with Gasteiger partial charge in [0.05, 0.1) is 11.8 Å². The predicted octanol–water partition coefficient (Wildman–Crippen LogP) is 2.21. The van der Waals surface area contributed by atoms with E-state index < -0.39 is 23.2 Å². The van der Waals surface area contributed by atoms with Gasteiger partial charge in [-0.3, -0.25) is 4.79 Å². The molecule has 2 heterocycles. The van der Waals surface area contributed by atoms with E-state index in [0.29, 0.717) is 6.20 Å². The van der Waals surface area contributed by atoms with E-state index in [1.54, 1.807) is 0 Å². The lowest BCUT2D eigenvalue weighted by Crippen LogP contribution is -2.40. The largest absolute Gasteiger partial charge is 0.417 e. The molecule has 0 saturated carbocycles. The van der Waals surface area contributed by atoms with Crippen LogP contribution < -0.4 is 5.32 Å². The first-order valence-electron chi connectivity index (χ1n) is 6.35. The van der Waals surface area contributed by atoms with Crippen LogP contribution in [0.1, 0.15) is 36.8 Å². The topological polar surface area (TPSA) is 72.7 Å². The molecule has 0 atom stereocenters. The van der Waals surface area contributed by atoms with Crippen LogP contribution in [0, 0.1) is 0 Å². The van der Waals surface area contributed by atoms with Crippen LogP contribution >= 0.6 is 0 Å². The smallest absolute Gasteiger partial charge is 0.346 e. The summed E-state index contributed by atoms with van der Waals surface area (Å²) < 4.78 is 38.5. The fourth-order valence-corrected chi connectivity index (χ4v) is 1.57. The van der Waals surface area contributed by atoms with Gasteiger partial charge >= 0.3 is 6.18 Å². The molecule has 0 bridgehead atoms. The van der Waals surface area contributed by atoms with E-state index in [4.69, 9.17) is 0 Å². The van der Waals surface area contributed by atoms with E-state index in [0.717, 1.165) is 16.8 Å². The van der Waals surface area contributed by atoms with Crippen molar-refractivity contribution in [2.45, 2.75) is 32.5 Å². The maximum absolute atomic E-state index is 12.5. The summed E-state index contributed by atoms with van der Waals surface area (Å²) in [5, 5.41) is 10.1. The number of alkyl halides is 3. The van der Waals surface area contributed by atoms with E-state index in [9.17, 15) is 18.0 Å². The van der Waals surface area contributed by atoms with Gasteiger partial charge in [0.15, 0.2) is 11.5 Å². The summed E-state index contributed by atoms with van der Waals surface area (Å²) in [4.78, 5) is 15.6. The highest BCUT2D eigenvalue weighted by molar-refractivity contribution is 5.92. The van der Waals surface area contributed by atoms with Crippen molar-refractivity contribution in [3.8, 4) is 5.82 Å². The van der Waals surface area contributed by atoms with Crippen LogP contribution in [-0.2, 0) is 6.18 Å². The van der Waals surface area contributed by atoms with E-state index >= 15 is 0 Å². The standard InChI is InChI=1S/C13H14F3N5O/c1-12(2,3)18-11(22)9-7-21(20-19-9)10-5-4-8(6-17-10)13(14,15)16/h4-7H,1-3H3,(H,18,22). The molecule has 118 valence electrons. The quantitative estimate of drug-likeness (QED) is 0.922. The molecule has 0 radical (unpaired) electrons. The molecule has 1 amide bonds. The number of amides is 1. The van der Waals surface area contributed by atoms with Crippen LogP contribution in [0.2, 0.25) is 0 Å². The molecule has 0 saturated heterocycles. The van der Waals surface area contributed by atoms with Gasteiger partial charge in [-0.05, 0) is 32.9 Å². The summed E-state index contributed by atoms with van der Waals surface area (Å²) >= 11 is 0. The summed E-state index contributed by atoms with van der Waals surface area (Å²) in [5.41, 5.74) is -1.24. The van der Waals surface area contributed by atoms with Gasteiger partial charge in [-0.2, -0.15) is 13.2 Å². The number of nitrogens with one attached hydrogen (secondary N) is 1. The highest BCUT2D eigenvalue weighted by atomic mass is 19.4. The Balaban J connectivity index is 2.20. The fourth-order valence-electron chi connectivity index (χ4n) is 1.57. The Morgan fingerprint density at radius 2 is 1.91 bits per heavy atom. The predicted molar refractivity (Wildman–Crippen MR) is 71.4 cm³/mol. The minimum Gasteiger partial charge on any atom is -0.346 e. The zero-order chi connectivity index (χ0) is 16.5. The van der Waals surface area contributed by atoms with Crippen LogP contribution in [0.4, 0.5) is 13.2 Å². The molecule has 0 fully saturated rings. The van der Waals surface area contributed by atoms with E-state index in [1.807, 2.05) is 20.8 Å². The third-order valence-electron chi connectivity index (χ3n) is 2.52. The second-order valence-corrected chi connectivity index (χ2v) is 5.66. The van der Waals surface area contributed by atoms with Gasteiger partial charge in [-0.1, -0.05) is 5.21 Å². The Kier molecular flexibility index (Phi) is 3.90. The molecular weight excluding hydrogens is 299 g/mol. The molecule has 0 aliphatic rings. The van der Waals surface area contributed by atoms with E-state index in [-0.39, 0.29) is 11.5 Å². The van der Waals surface area contributed by atoms with Crippen molar-refractivity contribution in [3.05, 3.63) is 35.8 Å². The first-order valence-corrected chi connectivity index (χ1v) is 6.35. The van der Waals surface area contributed by atoms with Crippen molar-refractivity contribution in [1.29, 1.82) is 0 Å². The van der Waals surface area contributed by atoms with Gasteiger partial charge in [0, 0.05) is 11.7 Å².